The van der Waals surface area contributed by atoms with Crippen LogP contribution in [0, 0.1) is 0 Å². The predicted octanol–water partition coefficient (Wildman–Crippen LogP) is 1.59. The van der Waals surface area contributed by atoms with Gasteiger partial charge in [0.1, 0.15) is 11.5 Å². The van der Waals surface area contributed by atoms with Crippen molar-refractivity contribution in [2.75, 3.05) is 11.9 Å². The van der Waals surface area contributed by atoms with E-state index in [2.05, 4.69) is 27.6 Å². The molecule has 0 fully saturated rings. The standard InChI is InChI=1S/C19H17Cl2N5O5/c1-2-5-22-17(28)19(30)26-24-10-15-4-3-14(31-15)9-23-16(27)18(29)25-13-7-11(20)6-12(21)8-13/h2-4,6-8,10H,1,5,9H2,(H,22,28)(H,23,27)(H,25,29)(H,26,30)/b24-10+. The molecule has 0 unspecified atom stereocenters. The highest BCUT2D eigenvalue weighted by Crippen LogP contribution is 2.22. The van der Waals surface area contributed by atoms with Gasteiger partial charge in [-0.2, -0.15) is 5.10 Å². The summed E-state index contributed by atoms with van der Waals surface area (Å²) < 4.78 is 5.37. The Morgan fingerprint density at radius 1 is 0.968 bits per heavy atom. The van der Waals surface area contributed by atoms with Crippen LogP contribution in [0.15, 0.2) is 52.5 Å². The summed E-state index contributed by atoms with van der Waals surface area (Å²) in [5, 5.41) is 11.3. The zero-order valence-electron chi connectivity index (χ0n) is 15.9. The Balaban J connectivity index is 1.81. The van der Waals surface area contributed by atoms with Crippen molar-refractivity contribution in [2.24, 2.45) is 5.10 Å². The summed E-state index contributed by atoms with van der Waals surface area (Å²) >= 11 is 11.7. The number of halogens is 2. The van der Waals surface area contributed by atoms with Crippen LogP contribution in [0.1, 0.15) is 11.5 Å². The molecule has 10 nitrogen and oxygen atoms in total. The van der Waals surface area contributed by atoms with E-state index >= 15 is 0 Å². The van der Waals surface area contributed by atoms with Crippen LogP contribution in [-0.4, -0.2) is 36.4 Å². The summed E-state index contributed by atoms with van der Waals surface area (Å²) in [6, 6.07) is 7.43. The van der Waals surface area contributed by atoms with Crippen molar-refractivity contribution in [1.82, 2.24) is 16.1 Å². The molecule has 0 saturated heterocycles. The van der Waals surface area contributed by atoms with E-state index in [0.717, 1.165) is 0 Å². The molecule has 4 N–H and O–H groups in total. The highest BCUT2D eigenvalue weighted by Gasteiger charge is 2.15. The fourth-order valence-electron chi connectivity index (χ4n) is 2.07. The fourth-order valence-corrected chi connectivity index (χ4v) is 2.60. The van der Waals surface area contributed by atoms with Gasteiger partial charge in [0.25, 0.3) is 0 Å². The van der Waals surface area contributed by atoms with E-state index in [-0.39, 0.29) is 24.5 Å². The smallest absolute Gasteiger partial charge is 0.329 e. The van der Waals surface area contributed by atoms with Gasteiger partial charge in [-0.3, -0.25) is 19.2 Å². The molecular formula is C19H17Cl2N5O5. The first-order valence-corrected chi connectivity index (χ1v) is 9.40. The number of benzene rings is 1. The third kappa shape index (κ3) is 7.96. The molecule has 0 saturated carbocycles. The molecule has 31 heavy (non-hydrogen) atoms. The van der Waals surface area contributed by atoms with Gasteiger partial charge in [-0.15, -0.1) is 6.58 Å². The van der Waals surface area contributed by atoms with Crippen LogP contribution in [0.25, 0.3) is 0 Å². The van der Waals surface area contributed by atoms with Crippen molar-refractivity contribution in [1.29, 1.82) is 0 Å². The number of hydrazone groups is 1. The number of anilines is 1. The first kappa shape index (κ1) is 23.6. The molecule has 2 rings (SSSR count). The lowest BCUT2D eigenvalue weighted by Gasteiger charge is -2.06. The molecule has 0 radical (unpaired) electrons. The van der Waals surface area contributed by atoms with Gasteiger partial charge in [-0.1, -0.05) is 29.3 Å². The van der Waals surface area contributed by atoms with Crippen molar-refractivity contribution in [3.63, 3.8) is 0 Å². The predicted molar refractivity (Wildman–Crippen MR) is 115 cm³/mol. The monoisotopic (exact) mass is 465 g/mol. The molecule has 162 valence electrons. The third-order valence-electron chi connectivity index (χ3n) is 3.40. The van der Waals surface area contributed by atoms with Crippen molar-refractivity contribution < 1.29 is 23.6 Å². The number of carbonyl (C=O) groups excluding carboxylic acids is 4. The number of nitrogens with one attached hydrogen (secondary N) is 4. The Hall–Kier alpha value is -3.63. The molecule has 0 aliphatic carbocycles. The van der Waals surface area contributed by atoms with Crippen LogP contribution in [0.2, 0.25) is 10.0 Å². The average Bonchev–Trinajstić information content (AvgIpc) is 3.16. The number of amides is 4. The van der Waals surface area contributed by atoms with Crippen molar-refractivity contribution in [3.05, 3.63) is 64.6 Å². The molecular weight excluding hydrogens is 449 g/mol. The van der Waals surface area contributed by atoms with Crippen LogP contribution >= 0.6 is 23.2 Å². The van der Waals surface area contributed by atoms with Gasteiger partial charge in [0.15, 0.2) is 0 Å². The number of carbonyl (C=O) groups is 4. The van der Waals surface area contributed by atoms with E-state index in [1.54, 1.807) is 0 Å². The minimum Gasteiger partial charge on any atom is -0.458 e. The average molecular weight is 466 g/mol. The van der Waals surface area contributed by atoms with E-state index in [4.69, 9.17) is 27.6 Å². The highest BCUT2D eigenvalue weighted by molar-refractivity contribution is 6.40. The van der Waals surface area contributed by atoms with Gasteiger partial charge in [0.05, 0.1) is 12.8 Å². The molecule has 1 heterocycles. The van der Waals surface area contributed by atoms with E-state index in [1.165, 1.54) is 42.6 Å². The molecule has 0 aliphatic rings. The summed E-state index contributed by atoms with van der Waals surface area (Å²) in [6.07, 6.45) is 2.59. The summed E-state index contributed by atoms with van der Waals surface area (Å²) in [5.74, 6) is -3.07. The second kappa shape index (κ2) is 11.5. The molecule has 4 amide bonds. The van der Waals surface area contributed by atoms with E-state index < -0.39 is 23.6 Å². The maximum absolute atomic E-state index is 11.9. The van der Waals surface area contributed by atoms with Gasteiger partial charge >= 0.3 is 23.6 Å². The first-order valence-electron chi connectivity index (χ1n) is 8.64. The molecule has 12 heteroatoms. The van der Waals surface area contributed by atoms with E-state index in [1.807, 2.05) is 5.43 Å². The molecule has 1 aromatic heterocycles. The lowest BCUT2D eigenvalue weighted by molar-refractivity contribution is -0.139. The number of hydrogen-bond acceptors (Lipinski definition) is 6. The van der Waals surface area contributed by atoms with Gasteiger partial charge in [-0.25, -0.2) is 5.43 Å². The van der Waals surface area contributed by atoms with Gasteiger partial charge < -0.3 is 20.4 Å². The minimum absolute atomic E-state index is 0.0767. The summed E-state index contributed by atoms with van der Waals surface area (Å²) in [5.41, 5.74) is 2.30. The summed E-state index contributed by atoms with van der Waals surface area (Å²) in [4.78, 5) is 46.7. The minimum atomic E-state index is -0.954. The zero-order chi connectivity index (χ0) is 22.8. The van der Waals surface area contributed by atoms with Crippen molar-refractivity contribution in [3.8, 4) is 0 Å². The topological polar surface area (TPSA) is 142 Å². The SMILES string of the molecule is C=CCNC(=O)C(=O)N/N=C/c1ccc(CNC(=O)C(=O)Nc2cc(Cl)cc(Cl)c2)o1. The molecule has 2 aromatic rings. The van der Waals surface area contributed by atoms with Gasteiger partial charge in [0, 0.05) is 22.3 Å². The lowest BCUT2D eigenvalue weighted by Crippen LogP contribution is -2.37. The molecule has 0 spiro atoms. The summed E-state index contributed by atoms with van der Waals surface area (Å²) in [7, 11) is 0. The highest BCUT2D eigenvalue weighted by atomic mass is 35.5. The van der Waals surface area contributed by atoms with Gasteiger partial charge in [-0.05, 0) is 30.3 Å². The van der Waals surface area contributed by atoms with E-state index in [0.29, 0.717) is 15.8 Å². The fraction of sp³-hybridized carbons (Fsp3) is 0.105. The number of furan rings is 1. The van der Waals surface area contributed by atoms with Crippen LogP contribution in [0.5, 0.6) is 0 Å². The largest absolute Gasteiger partial charge is 0.458 e. The quantitative estimate of drug-likeness (QED) is 0.212. The van der Waals surface area contributed by atoms with Crippen LogP contribution in [-0.2, 0) is 25.7 Å². The third-order valence-corrected chi connectivity index (χ3v) is 3.84. The first-order chi connectivity index (χ1) is 14.8. The van der Waals surface area contributed by atoms with Gasteiger partial charge in [0.2, 0.25) is 0 Å². The maximum Gasteiger partial charge on any atom is 0.329 e. The van der Waals surface area contributed by atoms with Crippen LogP contribution in [0.4, 0.5) is 5.69 Å². The molecule has 0 aliphatic heterocycles. The zero-order valence-corrected chi connectivity index (χ0v) is 17.4. The molecule has 0 bridgehead atoms. The lowest BCUT2D eigenvalue weighted by atomic mass is 10.3. The molecule has 0 atom stereocenters. The second-order valence-electron chi connectivity index (χ2n) is 5.80. The number of nitrogens with zero attached hydrogens (tertiary/aromatic N) is 1. The Morgan fingerprint density at radius 2 is 1.65 bits per heavy atom. The van der Waals surface area contributed by atoms with Crippen LogP contribution in [0.3, 0.4) is 0 Å². The van der Waals surface area contributed by atoms with Crippen molar-refractivity contribution >= 4 is 58.7 Å². The number of hydrogen-bond donors (Lipinski definition) is 4. The second-order valence-corrected chi connectivity index (χ2v) is 6.67. The Morgan fingerprint density at radius 3 is 2.32 bits per heavy atom. The van der Waals surface area contributed by atoms with Crippen molar-refractivity contribution in [2.45, 2.75) is 6.54 Å². The maximum atomic E-state index is 11.9. The Bertz CT molecular complexity index is 1010. The van der Waals surface area contributed by atoms with Crippen LogP contribution < -0.4 is 21.4 Å². The molecule has 1 aromatic carbocycles. The number of rotatable bonds is 7. The van der Waals surface area contributed by atoms with E-state index in [9.17, 15) is 19.2 Å². The normalized spacial score (nSPS) is 10.4. The summed E-state index contributed by atoms with van der Waals surface area (Å²) in [6.45, 7) is 3.48. The Kier molecular flexibility index (Phi) is 8.79. The Labute approximate surface area is 186 Å².